The Morgan fingerprint density at radius 3 is 2.56 bits per heavy atom. The molecule has 0 radical (unpaired) electrons. The molecule has 0 bridgehead atoms. The number of rotatable bonds is 6. The molecule has 6 nitrogen and oxygen atoms in total. The lowest BCUT2D eigenvalue weighted by molar-refractivity contribution is 0.589. The van der Waals surface area contributed by atoms with Crippen LogP contribution >= 0.6 is 0 Å². The first kappa shape index (κ1) is 17.1. The number of hydrogen-bond acceptors (Lipinski definition) is 4. The number of nitrogens with zero attached hydrogens (tertiary/aromatic N) is 3. The predicted octanol–water partition coefficient (Wildman–Crippen LogP) is 2.57. The summed E-state index contributed by atoms with van der Waals surface area (Å²) in [5.74, 6) is 0. The Hall–Kier alpha value is -2.77. The van der Waals surface area contributed by atoms with Crippen molar-refractivity contribution >= 4 is 16.1 Å². The first-order chi connectivity index (χ1) is 12.0. The fraction of sp³-hybridized carbons (Fsp3) is 0.111. The number of hydrogen-bond donors (Lipinski definition) is 1. The lowest BCUT2D eigenvalue weighted by atomic mass is 10.2. The highest BCUT2D eigenvalue weighted by atomic mass is 32.2. The smallest absolute Gasteiger partial charge is 0.234 e. The van der Waals surface area contributed by atoms with Crippen LogP contribution in [0, 0.1) is 0 Å². The first-order valence-corrected chi connectivity index (χ1v) is 9.24. The summed E-state index contributed by atoms with van der Waals surface area (Å²) in [7, 11) is -1.71. The van der Waals surface area contributed by atoms with Gasteiger partial charge in [-0.3, -0.25) is 9.67 Å². The maximum Gasteiger partial charge on any atom is 0.234 e. The van der Waals surface area contributed by atoms with Gasteiger partial charge in [-0.25, -0.2) is 13.1 Å². The van der Waals surface area contributed by atoms with E-state index in [1.807, 2.05) is 55.6 Å². The van der Waals surface area contributed by atoms with Crippen molar-refractivity contribution in [3.8, 4) is 11.3 Å². The van der Waals surface area contributed by atoms with Crippen LogP contribution in [-0.2, 0) is 23.6 Å². The van der Waals surface area contributed by atoms with Gasteiger partial charge in [-0.15, -0.1) is 0 Å². The monoisotopic (exact) mass is 354 g/mol. The second-order valence-corrected chi connectivity index (χ2v) is 7.11. The SMILES string of the molecule is Cn1nc(CNS(=O)(=O)/C=C/c2ccccc2)cc1-c1ccncc1. The van der Waals surface area contributed by atoms with Crippen LogP contribution in [0.4, 0.5) is 0 Å². The zero-order valence-corrected chi connectivity index (χ0v) is 14.5. The van der Waals surface area contributed by atoms with Gasteiger partial charge in [0.25, 0.3) is 0 Å². The Morgan fingerprint density at radius 2 is 1.84 bits per heavy atom. The molecule has 0 saturated heterocycles. The molecule has 0 amide bonds. The fourth-order valence-electron chi connectivity index (χ4n) is 2.36. The summed E-state index contributed by atoms with van der Waals surface area (Å²) in [6, 6.07) is 14.9. The summed E-state index contributed by atoms with van der Waals surface area (Å²) in [6.07, 6.45) is 4.97. The van der Waals surface area contributed by atoms with Crippen LogP contribution in [-0.4, -0.2) is 23.2 Å². The van der Waals surface area contributed by atoms with Crippen molar-refractivity contribution < 1.29 is 8.42 Å². The van der Waals surface area contributed by atoms with Crippen LogP contribution in [0.1, 0.15) is 11.3 Å². The van der Waals surface area contributed by atoms with Crippen molar-refractivity contribution in [2.45, 2.75) is 6.54 Å². The maximum absolute atomic E-state index is 12.1. The lowest BCUT2D eigenvalue weighted by Gasteiger charge is -2.00. The molecule has 3 aromatic rings. The van der Waals surface area contributed by atoms with E-state index in [2.05, 4.69) is 14.8 Å². The number of aryl methyl sites for hydroxylation is 1. The van der Waals surface area contributed by atoms with E-state index < -0.39 is 10.0 Å². The average molecular weight is 354 g/mol. The van der Waals surface area contributed by atoms with E-state index in [-0.39, 0.29) is 6.54 Å². The Kier molecular flexibility index (Phi) is 5.06. The van der Waals surface area contributed by atoms with E-state index in [4.69, 9.17) is 0 Å². The number of pyridine rings is 1. The minimum atomic E-state index is -3.54. The Bertz CT molecular complexity index is 965. The van der Waals surface area contributed by atoms with Crippen molar-refractivity contribution in [3.05, 3.63) is 77.6 Å². The van der Waals surface area contributed by atoms with E-state index in [9.17, 15) is 8.42 Å². The molecule has 1 N–H and O–H groups in total. The first-order valence-electron chi connectivity index (χ1n) is 7.70. The van der Waals surface area contributed by atoms with Gasteiger partial charge < -0.3 is 0 Å². The molecule has 0 saturated carbocycles. The summed E-state index contributed by atoms with van der Waals surface area (Å²) in [5, 5.41) is 5.52. The van der Waals surface area contributed by atoms with Crippen LogP contribution in [0.2, 0.25) is 0 Å². The van der Waals surface area contributed by atoms with Crippen molar-refractivity contribution in [1.82, 2.24) is 19.5 Å². The molecule has 0 aliphatic heterocycles. The van der Waals surface area contributed by atoms with Gasteiger partial charge >= 0.3 is 0 Å². The van der Waals surface area contributed by atoms with Gasteiger partial charge in [-0.1, -0.05) is 30.3 Å². The third-order valence-electron chi connectivity index (χ3n) is 3.60. The maximum atomic E-state index is 12.1. The van der Waals surface area contributed by atoms with Crippen LogP contribution in [0.3, 0.4) is 0 Å². The Labute approximate surface area is 146 Å². The van der Waals surface area contributed by atoms with Gasteiger partial charge in [0.05, 0.1) is 17.9 Å². The molecule has 3 rings (SSSR count). The molecule has 0 aliphatic carbocycles. The molecule has 0 fully saturated rings. The molecule has 1 aromatic carbocycles. The second-order valence-electron chi connectivity index (χ2n) is 5.46. The molecular formula is C18H18N4O2S. The minimum Gasteiger partial charge on any atom is -0.268 e. The van der Waals surface area contributed by atoms with Gasteiger partial charge in [0.2, 0.25) is 10.0 Å². The van der Waals surface area contributed by atoms with Crippen LogP contribution in [0.15, 0.2) is 66.3 Å². The highest BCUT2D eigenvalue weighted by Crippen LogP contribution is 2.18. The van der Waals surface area contributed by atoms with E-state index in [1.165, 1.54) is 0 Å². The van der Waals surface area contributed by atoms with Crippen molar-refractivity contribution in [2.24, 2.45) is 7.05 Å². The van der Waals surface area contributed by atoms with Gasteiger partial charge in [-0.05, 0) is 29.8 Å². The van der Waals surface area contributed by atoms with Crippen LogP contribution < -0.4 is 4.72 Å². The normalized spacial score (nSPS) is 11.9. The summed E-state index contributed by atoms with van der Waals surface area (Å²) in [6.45, 7) is 0.125. The molecule has 0 atom stereocenters. The molecule has 0 aliphatic rings. The van der Waals surface area contributed by atoms with E-state index >= 15 is 0 Å². The molecular weight excluding hydrogens is 336 g/mol. The van der Waals surface area contributed by atoms with Crippen molar-refractivity contribution in [1.29, 1.82) is 0 Å². The van der Waals surface area contributed by atoms with E-state index in [0.717, 1.165) is 22.2 Å². The largest absolute Gasteiger partial charge is 0.268 e. The highest BCUT2D eigenvalue weighted by molar-refractivity contribution is 7.92. The van der Waals surface area contributed by atoms with Crippen LogP contribution in [0.25, 0.3) is 17.3 Å². The topological polar surface area (TPSA) is 76.9 Å². The number of sulfonamides is 1. The second kappa shape index (κ2) is 7.42. The van der Waals surface area contributed by atoms with Crippen molar-refractivity contribution in [3.63, 3.8) is 0 Å². The molecule has 0 unspecified atom stereocenters. The van der Waals surface area contributed by atoms with Gasteiger partial charge in [0, 0.05) is 30.4 Å². The van der Waals surface area contributed by atoms with Gasteiger partial charge in [-0.2, -0.15) is 5.10 Å². The summed E-state index contributed by atoms with van der Waals surface area (Å²) in [4.78, 5) is 3.99. The Balaban J connectivity index is 1.68. The Morgan fingerprint density at radius 1 is 1.12 bits per heavy atom. The summed E-state index contributed by atoms with van der Waals surface area (Å²) < 4.78 is 28.5. The van der Waals surface area contributed by atoms with Crippen LogP contribution in [0.5, 0.6) is 0 Å². The fourth-order valence-corrected chi connectivity index (χ4v) is 3.14. The highest BCUT2D eigenvalue weighted by Gasteiger charge is 2.10. The summed E-state index contributed by atoms with van der Waals surface area (Å²) in [5.41, 5.74) is 3.34. The van der Waals surface area contributed by atoms with Crippen molar-refractivity contribution in [2.75, 3.05) is 0 Å². The average Bonchev–Trinajstić information content (AvgIpc) is 3.01. The third kappa shape index (κ3) is 4.62. The molecule has 7 heteroatoms. The standard InChI is InChI=1S/C18H18N4O2S/c1-22-18(16-7-10-19-11-8-16)13-17(21-22)14-20-25(23,24)12-9-15-5-3-2-4-6-15/h2-13,20H,14H2,1H3/b12-9+. The molecule has 0 spiro atoms. The van der Waals surface area contributed by atoms with Gasteiger partial charge in [0.1, 0.15) is 0 Å². The molecule has 128 valence electrons. The zero-order valence-electron chi connectivity index (χ0n) is 13.7. The molecule has 2 heterocycles. The number of benzene rings is 1. The molecule has 2 aromatic heterocycles. The third-order valence-corrected chi connectivity index (χ3v) is 4.64. The zero-order chi connectivity index (χ0) is 17.7. The quantitative estimate of drug-likeness (QED) is 0.738. The van der Waals surface area contributed by atoms with E-state index in [0.29, 0.717) is 5.69 Å². The number of nitrogens with one attached hydrogen (secondary N) is 1. The number of aromatic nitrogens is 3. The summed E-state index contributed by atoms with van der Waals surface area (Å²) >= 11 is 0. The minimum absolute atomic E-state index is 0.125. The van der Waals surface area contributed by atoms with Gasteiger partial charge in [0.15, 0.2) is 0 Å². The molecule has 25 heavy (non-hydrogen) atoms. The predicted molar refractivity (Wildman–Crippen MR) is 97.7 cm³/mol. The van der Waals surface area contributed by atoms with E-state index in [1.54, 1.807) is 23.2 Å². The lowest BCUT2D eigenvalue weighted by Crippen LogP contribution is -2.20.